The van der Waals surface area contributed by atoms with Gasteiger partial charge in [-0.25, -0.2) is 21.8 Å². The number of carbonyl (C=O) groups excluding carboxylic acids is 1. The lowest BCUT2D eigenvalue weighted by atomic mass is 9.72. The van der Waals surface area contributed by atoms with Crippen molar-refractivity contribution in [2.45, 2.75) is 55.8 Å². The minimum Gasteiger partial charge on any atom is -0.455 e. The molecule has 8 rings (SSSR count). The van der Waals surface area contributed by atoms with Crippen LogP contribution >= 0.6 is 11.6 Å². The van der Waals surface area contributed by atoms with E-state index in [0.717, 1.165) is 54.3 Å². The molecule has 72 heavy (non-hydrogen) atoms. The van der Waals surface area contributed by atoms with Gasteiger partial charge in [0.25, 0.3) is 5.69 Å². The summed E-state index contributed by atoms with van der Waals surface area (Å²) in [5.41, 5.74) is -3.67. The zero-order valence-electron chi connectivity index (χ0n) is 38.6. The van der Waals surface area contributed by atoms with Gasteiger partial charge in [0, 0.05) is 86.8 Å². The van der Waals surface area contributed by atoms with Crippen LogP contribution in [0.15, 0.2) is 89.6 Å². The van der Waals surface area contributed by atoms with E-state index >= 15 is 0 Å². The predicted molar refractivity (Wildman–Crippen MR) is 257 cm³/mol. The maximum atomic E-state index is 14.1. The average molecular weight is 1070 g/mol. The van der Waals surface area contributed by atoms with Gasteiger partial charge in [0.1, 0.15) is 28.6 Å². The molecule has 0 bridgehead atoms. The first-order chi connectivity index (χ1) is 33.8. The number of halogens is 7. The smallest absolute Gasteiger partial charge is 0.455 e. The standard InChI is InChI=1S/C47H48ClF6N7O9S2/c1-45(2)11-9-30(38(23-45)36-6-3-31(20-39(36)48)46(49,50)51)26-58-13-15-59(16-14-58)32-4-7-37(43(21-32)70-33-19-29-10-12-55-44(29)57-24-33)42(62)28-71(65,66)35-5-8-40(41(22-35)61(63)64)56-25-34-27-60(17-18-69-34)72(67,68)47(52,53)54/h3-8,10,12,19-22,24,34,56H,9,11,13-18,23,25-28H2,1-2H3,(H,55,57). The lowest BCUT2D eigenvalue weighted by Crippen LogP contribution is -2.51. The zero-order chi connectivity index (χ0) is 52.0. The van der Waals surface area contributed by atoms with Gasteiger partial charge in [-0.15, -0.1) is 0 Å². The number of nitro groups is 1. The lowest BCUT2D eigenvalue weighted by Gasteiger charge is -2.39. The number of ketones is 1. The summed E-state index contributed by atoms with van der Waals surface area (Å²) in [6.07, 6.45) is -0.279. The van der Waals surface area contributed by atoms with Gasteiger partial charge >= 0.3 is 21.7 Å². The molecule has 1 aliphatic carbocycles. The van der Waals surface area contributed by atoms with Gasteiger partial charge in [0.2, 0.25) is 0 Å². The molecule has 3 aliphatic rings. The Morgan fingerprint density at radius 2 is 1.74 bits per heavy atom. The van der Waals surface area contributed by atoms with Crippen LogP contribution in [0.4, 0.5) is 43.4 Å². The average Bonchev–Trinajstić information content (AvgIpc) is 3.79. The lowest BCUT2D eigenvalue weighted by molar-refractivity contribution is -0.384. The van der Waals surface area contributed by atoms with Crippen molar-refractivity contribution in [1.29, 1.82) is 0 Å². The van der Waals surface area contributed by atoms with Crippen molar-refractivity contribution in [3.05, 3.63) is 117 Å². The fraction of sp³-hybridized carbons (Fsp3) is 0.404. The van der Waals surface area contributed by atoms with E-state index in [-0.39, 0.29) is 50.6 Å². The monoisotopic (exact) mass is 1070 g/mol. The third kappa shape index (κ3) is 11.7. The molecule has 25 heteroatoms. The molecule has 0 spiro atoms. The normalized spacial score (nSPS) is 18.6. The summed E-state index contributed by atoms with van der Waals surface area (Å²) in [6.45, 7) is 5.08. The summed E-state index contributed by atoms with van der Waals surface area (Å²) >= 11 is 6.52. The van der Waals surface area contributed by atoms with Gasteiger partial charge in [-0.1, -0.05) is 37.1 Å². The highest BCUT2D eigenvalue weighted by molar-refractivity contribution is 7.92. The Morgan fingerprint density at radius 1 is 0.986 bits per heavy atom. The summed E-state index contributed by atoms with van der Waals surface area (Å²) < 4.78 is 143. The number of aromatic amines is 1. The summed E-state index contributed by atoms with van der Waals surface area (Å²) in [4.78, 5) is 36.4. The van der Waals surface area contributed by atoms with Crippen molar-refractivity contribution in [3.8, 4) is 11.5 Å². The van der Waals surface area contributed by atoms with Crippen LogP contribution in [-0.4, -0.2) is 123 Å². The molecule has 16 nitrogen and oxygen atoms in total. The summed E-state index contributed by atoms with van der Waals surface area (Å²) in [6, 6.07) is 14.5. The minimum absolute atomic E-state index is 0.0110. The number of benzene rings is 3. The van der Waals surface area contributed by atoms with E-state index in [0.29, 0.717) is 61.4 Å². The minimum atomic E-state index is -5.66. The van der Waals surface area contributed by atoms with E-state index in [1.165, 1.54) is 18.3 Å². The molecule has 2 aliphatic heterocycles. The van der Waals surface area contributed by atoms with Crippen molar-refractivity contribution < 1.29 is 62.4 Å². The topological polar surface area (TPSA) is 197 Å². The van der Waals surface area contributed by atoms with Crippen molar-refractivity contribution in [3.63, 3.8) is 0 Å². The molecular formula is C47H48ClF6N7O9S2. The number of hydrogen-bond acceptors (Lipinski definition) is 13. The van der Waals surface area contributed by atoms with Gasteiger partial charge in [0.15, 0.2) is 15.6 Å². The third-order valence-electron chi connectivity index (χ3n) is 12.9. The van der Waals surface area contributed by atoms with Crippen LogP contribution in [0.3, 0.4) is 0 Å². The Morgan fingerprint density at radius 3 is 2.43 bits per heavy atom. The number of allylic oxidation sites excluding steroid dienone is 1. The van der Waals surface area contributed by atoms with Gasteiger partial charge in [-0.05, 0) is 84.3 Å². The number of carbonyl (C=O) groups is 1. The van der Waals surface area contributed by atoms with Crippen LogP contribution in [0, 0.1) is 15.5 Å². The summed E-state index contributed by atoms with van der Waals surface area (Å²) in [5.74, 6) is -1.78. The number of rotatable bonds is 15. The van der Waals surface area contributed by atoms with Crippen molar-refractivity contribution >= 4 is 70.9 Å². The first-order valence-corrected chi connectivity index (χ1v) is 26.0. The highest BCUT2D eigenvalue weighted by Crippen LogP contribution is 2.46. The number of sulfonamides is 1. The zero-order valence-corrected chi connectivity index (χ0v) is 41.0. The number of Topliss-reactive ketones (excluding diaryl/α,β-unsaturated/α-hetero) is 1. The largest absolute Gasteiger partial charge is 0.511 e. The Labute approximate surface area is 415 Å². The molecule has 2 N–H and O–H groups in total. The van der Waals surface area contributed by atoms with Crippen LogP contribution in [0.25, 0.3) is 16.6 Å². The molecule has 3 aromatic carbocycles. The molecule has 2 fully saturated rings. The number of aromatic nitrogens is 2. The number of nitrogens with one attached hydrogen (secondary N) is 2. The fourth-order valence-corrected chi connectivity index (χ4v) is 11.5. The number of hydrogen-bond donors (Lipinski definition) is 2. The number of nitrogens with zero attached hydrogens (tertiary/aromatic N) is 5. The number of piperazine rings is 1. The number of fused-ring (bicyclic) bond motifs is 1. The van der Waals surface area contributed by atoms with E-state index in [1.807, 2.05) is 0 Å². The number of pyridine rings is 1. The second kappa shape index (κ2) is 20.3. The molecule has 0 amide bonds. The molecule has 2 saturated heterocycles. The van der Waals surface area contributed by atoms with Crippen LogP contribution in [0.2, 0.25) is 5.02 Å². The van der Waals surface area contributed by atoms with Gasteiger partial charge < -0.3 is 24.7 Å². The Bertz CT molecular complexity index is 3160. The van der Waals surface area contributed by atoms with Crippen LogP contribution in [0.5, 0.6) is 11.5 Å². The number of sulfone groups is 1. The van der Waals surface area contributed by atoms with Crippen molar-refractivity contribution in [2.75, 3.05) is 74.9 Å². The highest BCUT2D eigenvalue weighted by atomic mass is 35.5. The van der Waals surface area contributed by atoms with Crippen molar-refractivity contribution in [2.24, 2.45) is 5.41 Å². The molecule has 4 heterocycles. The molecule has 386 valence electrons. The van der Waals surface area contributed by atoms with E-state index < -0.39 is 83.3 Å². The van der Waals surface area contributed by atoms with E-state index in [2.05, 4.69) is 38.9 Å². The molecular weight excluding hydrogens is 1020 g/mol. The maximum Gasteiger partial charge on any atom is 0.511 e. The van der Waals surface area contributed by atoms with Gasteiger partial charge in [-0.2, -0.15) is 30.6 Å². The van der Waals surface area contributed by atoms with Crippen LogP contribution in [-0.2, 0) is 30.8 Å². The first kappa shape index (κ1) is 52.5. The Hall–Kier alpha value is -5.79. The van der Waals surface area contributed by atoms with E-state index in [4.69, 9.17) is 21.1 Å². The maximum absolute atomic E-state index is 14.1. The van der Waals surface area contributed by atoms with Crippen LogP contribution < -0.4 is 15.0 Å². The van der Waals surface area contributed by atoms with E-state index in [9.17, 15) is 58.1 Å². The van der Waals surface area contributed by atoms with Crippen LogP contribution in [0.1, 0.15) is 54.6 Å². The number of H-pyrrole nitrogens is 1. The number of morpholine rings is 1. The number of anilines is 2. The predicted octanol–water partition coefficient (Wildman–Crippen LogP) is 9.34. The highest BCUT2D eigenvalue weighted by Gasteiger charge is 2.51. The Kier molecular flexibility index (Phi) is 14.8. The summed E-state index contributed by atoms with van der Waals surface area (Å²) in [7, 11) is -10.2. The molecule has 5 aromatic rings. The molecule has 0 saturated carbocycles. The SMILES string of the molecule is CC1(C)CCC(CN2CCN(c3ccc(C(=O)CS(=O)(=O)c4ccc(NCC5CN(S(=O)(=O)C(F)(F)F)CCO5)c([N+](=O)[O-])c4)c(Oc4cnc5[nH]ccc5c4)c3)CC2)=C(c2ccc(C(F)(F)F)cc2Cl)C1. The van der Waals surface area contributed by atoms with Gasteiger partial charge in [-0.3, -0.25) is 19.8 Å². The second-order valence-corrected chi connectivity index (χ2v) is 22.9. The Balaban J connectivity index is 0.989. The quantitative estimate of drug-likeness (QED) is 0.0436. The molecule has 1 unspecified atom stereocenters. The van der Waals surface area contributed by atoms with Crippen molar-refractivity contribution in [1.82, 2.24) is 19.2 Å². The molecule has 2 aromatic heterocycles. The first-order valence-electron chi connectivity index (χ1n) is 22.5. The van der Waals surface area contributed by atoms with E-state index in [1.54, 1.807) is 30.5 Å². The van der Waals surface area contributed by atoms with Gasteiger partial charge in [0.05, 0.1) is 39.9 Å². The second-order valence-electron chi connectivity index (χ2n) is 18.5. The number of ether oxygens (including phenoxy) is 2. The fourth-order valence-electron chi connectivity index (χ4n) is 9.03. The molecule has 0 radical (unpaired) electrons. The number of alkyl halides is 6. The summed E-state index contributed by atoms with van der Waals surface area (Å²) in [5, 5.41) is 15.5. The molecule has 1 atom stereocenters. The number of nitro benzene ring substituents is 1. The third-order valence-corrected chi connectivity index (χ3v) is 16.5.